The molecule has 0 spiro atoms. The van der Waals surface area contributed by atoms with Gasteiger partial charge in [0.25, 0.3) is 0 Å². The van der Waals surface area contributed by atoms with E-state index in [0.29, 0.717) is 5.57 Å². The zero-order chi connectivity index (χ0) is 18.9. The molecular weight excluding hydrogens is 318 g/mol. The number of likely N-dealkylation sites (N-methyl/N-ethyl adjacent to an activating group) is 1. The maximum atomic E-state index is 11.9. The van der Waals surface area contributed by atoms with Gasteiger partial charge in [-0.1, -0.05) is 64.9 Å². The predicted molar refractivity (Wildman–Crippen MR) is 112 cm³/mol. The van der Waals surface area contributed by atoms with Gasteiger partial charge >= 0.3 is 0 Å². The Balaban J connectivity index is 1.61. The van der Waals surface area contributed by atoms with Crippen molar-refractivity contribution in [2.45, 2.75) is 97.3 Å². The molecule has 2 nitrogen and oxygen atoms in total. The quantitative estimate of drug-likeness (QED) is 0.334. The monoisotopic (exact) mass is 361 g/mol. The number of carbonyl (C=O) groups excluding carboxylic acids is 1. The molecule has 0 atom stereocenters. The highest BCUT2D eigenvalue weighted by atomic mass is 16.2. The van der Waals surface area contributed by atoms with Crippen LogP contribution in [-0.2, 0) is 4.79 Å². The number of amides is 1. The molecule has 0 N–H and O–H groups in total. The van der Waals surface area contributed by atoms with E-state index in [-0.39, 0.29) is 5.91 Å². The average Bonchev–Trinajstić information content (AvgIpc) is 2.66. The van der Waals surface area contributed by atoms with Crippen LogP contribution in [0, 0.1) is 23.7 Å². The van der Waals surface area contributed by atoms with Crippen LogP contribution in [0.5, 0.6) is 0 Å². The summed E-state index contributed by atoms with van der Waals surface area (Å²) in [5, 5.41) is 0. The zero-order valence-electron chi connectivity index (χ0n) is 17.8. The first kappa shape index (κ1) is 21.5. The summed E-state index contributed by atoms with van der Waals surface area (Å²) in [7, 11) is 1.92. The molecule has 0 unspecified atom stereocenters. The maximum absolute atomic E-state index is 11.9. The summed E-state index contributed by atoms with van der Waals surface area (Å²) in [6, 6.07) is 0. The highest BCUT2D eigenvalue weighted by molar-refractivity contribution is 5.91. The molecule has 0 aromatic carbocycles. The molecule has 26 heavy (non-hydrogen) atoms. The van der Waals surface area contributed by atoms with Gasteiger partial charge in [-0.3, -0.25) is 4.79 Å². The molecule has 0 bridgehead atoms. The first-order valence-electron chi connectivity index (χ1n) is 11.4. The highest BCUT2D eigenvalue weighted by Crippen LogP contribution is 2.42. The van der Waals surface area contributed by atoms with Crippen LogP contribution in [0.15, 0.2) is 12.2 Å². The molecule has 2 aliphatic rings. The normalized spacial score (nSPS) is 29.3. The van der Waals surface area contributed by atoms with Crippen molar-refractivity contribution in [2.24, 2.45) is 23.7 Å². The first-order valence-corrected chi connectivity index (χ1v) is 11.4. The standard InChI is InChI=1S/C24H43NO/c1-5-6-7-8-20-9-13-22(14-10-20)23-15-11-21(12-16-23)17-18-25(4)24(26)19(2)3/h20-23H,2,5-18H2,1,3-4H3. The van der Waals surface area contributed by atoms with Gasteiger partial charge in [-0.2, -0.15) is 0 Å². The number of hydrogen-bond donors (Lipinski definition) is 0. The van der Waals surface area contributed by atoms with E-state index in [2.05, 4.69) is 13.5 Å². The van der Waals surface area contributed by atoms with E-state index >= 15 is 0 Å². The van der Waals surface area contributed by atoms with Crippen LogP contribution in [0.25, 0.3) is 0 Å². The van der Waals surface area contributed by atoms with Crippen molar-refractivity contribution in [3.63, 3.8) is 0 Å². The van der Waals surface area contributed by atoms with Gasteiger partial charge < -0.3 is 4.90 Å². The Bertz CT molecular complexity index is 427. The number of nitrogens with zero attached hydrogens (tertiary/aromatic N) is 1. The average molecular weight is 362 g/mol. The molecule has 0 heterocycles. The Labute approximate surface area is 162 Å². The lowest BCUT2D eigenvalue weighted by Gasteiger charge is -2.38. The SMILES string of the molecule is C=C(C)C(=O)N(C)CCC1CCC(C2CCC(CCCCC)CC2)CC1. The Morgan fingerprint density at radius 2 is 1.38 bits per heavy atom. The van der Waals surface area contributed by atoms with E-state index in [1.807, 2.05) is 18.9 Å². The fraction of sp³-hybridized carbons (Fsp3) is 0.875. The van der Waals surface area contributed by atoms with Crippen LogP contribution in [0.1, 0.15) is 97.3 Å². The number of hydrogen-bond acceptors (Lipinski definition) is 1. The number of carbonyl (C=O) groups is 1. The molecular formula is C24H43NO. The number of rotatable bonds is 9. The van der Waals surface area contributed by atoms with Crippen molar-refractivity contribution < 1.29 is 4.79 Å². The zero-order valence-corrected chi connectivity index (χ0v) is 17.8. The summed E-state index contributed by atoms with van der Waals surface area (Å²) in [6.07, 6.45) is 18.6. The first-order chi connectivity index (χ1) is 12.5. The molecule has 2 saturated carbocycles. The van der Waals surface area contributed by atoms with Gasteiger partial charge in [0.15, 0.2) is 0 Å². The van der Waals surface area contributed by atoms with Gasteiger partial charge in [0.1, 0.15) is 0 Å². The third kappa shape index (κ3) is 6.74. The van der Waals surface area contributed by atoms with Gasteiger partial charge in [0.05, 0.1) is 0 Å². The topological polar surface area (TPSA) is 20.3 Å². The second-order valence-corrected chi connectivity index (χ2v) is 9.35. The summed E-state index contributed by atoms with van der Waals surface area (Å²) >= 11 is 0. The van der Waals surface area contributed by atoms with Gasteiger partial charge in [-0.05, 0) is 62.7 Å². The summed E-state index contributed by atoms with van der Waals surface area (Å²) in [5.74, 6) is 3.99. The molecule has 2 fully saturated rings. The molecule has 1 amide bonds. The van der Waals surface area contributed by atoms with Gasteiger partial charge in [0.2, 0.25) is 5.91 Å². The smallest absolute Gasteiger partial charge is 0.248 e. The Hall–Kier alpha value is -0.790. The summed E-state index contributed by atoms with van der Waals surface area (Å²) in [4.78, 5) is 13.8. The van der Waals surface area contributed by atoms with Gasteiger partial charge in [-0.15, -0.1) is 0 Å². The highest BCUT2D eigenvalue weighted by Gasteiger charge is 2.30. The van der Waals surface area contributed by atoms with Crippen molar-refractivity contribution in [1.29, 1.82) is 0 Å². The van der Waals surface area contributed by atoms with E-state index in [4.69, 9.17) is 0 Å². The molecule has 150 valence electrons. The minimum absolute atomic E-state index is 0.106. The number of unbranched alkanes of at least 4 members (excludes halogenated alkanes) is 2. The third-order valence-electron chi connectivity index (χ3n) is 7.25. The van der Waals surface area contributed by atoms with E-state index in [1.165, 1.54) is 83.5 Å². The van der Waals surface area contributed by atoms with E-state index in [9.17, 15) is 4.79 Å². The second-order valence-electron chi connectivity index (χ2n) is 9.35. The van der Waals surface area contributed by atoms with Crippen LogP contribution >= 0.6 is 0 Å². The van der Waals surface area contributed by atoms with Crippen LogP contribution in [0.3, 0.4) is 0 Å². The second kappa shape index (κ2) is 11.1. The lowest BCUT2D eigenvalue weighted by Crippen LogP contribution is -2.31. The maximum Gasteiger partial charge on any atom is 0.248 e. The van der Waals surface area contributed by atoms with E-state index < -0.39 is 0 Å². The van der Waals surface area contributed by atoms with Crippen molar-refractivity contribution in [3.8, 4) is 0 Å². The lowest BCUT2D eigenvalue weighted by molar-refractivity contribution is -0.126. The van der Waals surface area contributed by atoms with E-state index in [0.717, 1.165) is 30.2 Å². The molecule has 2 aliphatic carbocycles. The Morgan fingerprint density at radius 1 is 0.885 bits per heavy atom. The van der Waals surface area contributed by atoms with Crippen LogP contribution in [-0.4, -0.2) is 24.4 Å². The van der Waals surface area contributed by atoms with Crippen LogP contribution in [0.4, 0.5) is 0 Å². The summed E-state index contributed by atoms with van der Waals surface area (Å²) in [5.41, 5.74) is 0.654. The molecule has 0 aromatic heterocycles. The van der Waals surface area contributed by atoms with Crippen LogP contribution < -0.4 is 0 Å². The largest absolute Gasteiger partial charge is 0.342 e. The van der Waals surface area contributed by atoms with Gasteiger partial charge in [0, 0.05) is 19.2 Å². The molecule has 2 rings (SSSR count). The predicted octanol–water partition coefficient (Wildman–Crippen LogP) is 6.60. The third-order valence-corrected chi connectivity index (χ3v) is 7.25. The fourth-order valence-corrected chi connectivity index (χ4v) is 5.38. The lowest BCUT2D eigenvalue weighted by atomic mass is 9.68. The van der Waals surface area contributed by atoms with Crippen molar-refractivity contribution >= 4 is 5.91 Å². The Kier molecular flexibility index (Phi) is 9.22. The summed E-state index contributed by atoms with van der Waals surface area (Å²) in [6.45, 7) is 8.78. The molecule has 0 aromatic rings. The van der Waals surface area contributed by atoms with Crippen molar-refractivity contribution in [1.82, 2.24) is 4.90 Å². The molecule has 0 saturated heterocycles. The molecule has 2 heteroatoms. The molecule has 0 aliphatic heterocycles. The van der Waals surface area contributed by atoms with Gasteiger partial charge in [-0.25, -0.2) is 0 Å². The van der Waals surface area contributed by atoms with Crippen molar-refractivity contribution in [2.75, 3.05) is 13.6 Å². The minimum atomic E-state index is 0.106. The fourth-order valence-electron chi connectivity index (χ4n) is 5.38. The van der Waals surface area contributed by atoms with E-state index in [1.54, 1.807) is 0 Å². The molecule has 0 radical (unpaired) electrons. The summed E-state index contributed by atoms with van der Waals surface area (Å²) < 4.78 is 0. The van der Waals surface area contributed by atoms with Crippen molar-refractivity contribution in [3.05, 3.63) is 12.2 Å². The van der Waals surface area contributed by atoms with Crippen LogP contribution in [0.2, 0.25) is 0 Å². The minimum Gasteiger partial charge on any atom is -0.342 e. The Morgan fingerprint density at radius 3 is 1.85 bits per heavy atom.